The molecule has 166 valence electrons. The Morgan fingerprint density at radius 2 is 1.68 bits per heavy atom. The van der Waals surface area contributed by atoms with Crippen LogP contribution in [0.25, 0.3) is 22.1 Å². The van der Waals surface area contributed by atoms with Gasteiger partial charge in [0.2, 0.25) is 5.43 Å². The monoisotopic (exact) mass is 425 g/mol. The third-order valence-corrected chi connectivity index (χ3v) is 5.45. The van der Waals surface area contributed by atoms with E-state index in [0.717, 1.165) is 25.9 Å². The van der Waals surface area contributed by atoms with Crippen LogP contribution < -0.4 is 14.9 Å². The lowest BCUT2D eigenvalue weighted by molar-refractivity contribution is 0.262. The molecule has 0 unspecified atom stereocenters. The van der Waals surface area contributed by atoms with Crippen molar-refractivity contribution in [1.82, 2.24) is 4.90 Å². The van der Waals surface area contributed by atoms with Gasteiger partial charge in [-0.15, -0.1) is 0 Å². The van der Waals surface area contributed by atoms with Gasteiger partial charge in [0.25, 0.3) is 0 Å². The summed E-state index contributed by atoms with van der Waals surface area (Å²) in [6.45, 7) is 8.39. The Labute approximate surface area is 183 Å². The Morgan fingerprint density at radius 1 is 1.00 bits per heavy atom. The first-order valence-corrected chi connectivity index (χ1v) is 10.7. The van der Waals surface area contributed by atoms with Crippen molar-refractivity contribution in [2.75, 3.05) is 27.3 Å². The Morgan fingerprint density at radius 3 is 2.29 bits per heavy atom. The summed E-state index contributed by atoms with van der Waals surface area (Å²) in [6.07, 6.45) is 2.02. The number of rotatable bonds is 9. The van der Waals surface area contributed by atoms with Crippen LogP contribution >= 0.6 is 0 Å². The summed E-state index contributed by atoms with van der Waals surface area (Å²) in [7, 11) is 3.13. The zero-order valence-electron chi connectivity index (χ0n) is 18.9. The number of methoxy groups -OCH3 is 2. The van der Waals surface area contributed by atoms with E-state index < -0.39 is 0 Å². The van der Waals surface area contributed by atoms with Crippen molar-refractivity contribution < 1.29 is 19.0 Å². The van der Waals surface area contributed by atoms with Crippen molar-refractivity contribution in [2.45, 2.75) is 40.2 Å². The molecule has 0 atom stereocenters. The van der Waals surface area contributed by atoms with Crippen LogP contribution in [0.4, 0.5) is 0 Å². The van der Waals surface area contributed by atoms with Crippen molar-refractivity contribution >= 4 is 11.0 Å². The number of hydrogen-bond donors (Lipinski definition) is 1. The number of aromatic hydroxyl groups is 1. The number of aryl methyl sites for hydroxylation is 1. The summed E-state index contributed by atoms with van der Waals surface area (Å²) in [5, 5.41) is 11.0. The van der Waals surface area contributed by atoms with E-state index in [4.69, 9.17) is 13.9 Å². The molecule has 2 aromatic carbocycles. The minimum absolute atomic E-state index is 0.134. The fraction of sp³-hybridized carbons (Fsp3) is 0.400. The number of fused-ring (bicyclic) bond motifs is 1. The molecule has 0 aliphatic rings. The minimum Gasteiger partial charge on any atom is -0.507 e. The van der Waals surface area contributed by atoms with E-state index >= 15 is 0 Å². The van der Waals surface area contributed by atoms with Crippen LogP contribution in [0.5, 0.6) is 17.2 Å². The van der Waals surface area contributed by atoms with Crippen LogP contribution in [0, 0.1) is 6.92 Å². The lowest BCUT2D eigenvalue weighted by atomic mass is 10.00. The van der Waals surface area contributed by atoms with Crippen LogP contribution in [-0.2, 0) is 6.54 Å². The van der Waals surface area contributed by atoms with Crippen molar-refractivity contribution in [3.63, 3.8) is 0 Å². The lowest BCUT2D eigenvalue weighted by Gasteiger charge is -2.22. The third-order valence-electron chi connectivity index (χ3n) is 5.45. The average molecular weight is 426 g/mol. The predicted octanol–water partition coefficient (Wildman–Crippen LogP) is 5.11. The molecule has 0 aliphatic heterocycles. The summed E-state index contributed by atoms with van der Waals surface area (Å²) in [4.78, 5) is 15.7. The molecule has 0 radical (unpaired) electrons. The maximum absolute atomic E-state index is 13.5. The van der Waals surface area contributed by atoms with Gasteiger partial charge in [0.05, 0.1) is 30.7 Å². The van der Waals surface area contributed by atoms with Gasteiger partial charge >= 0.3 is 0 Å². The summed E-state index contributed by atoms with van der Waals surface area (Å²) in [6, 6.07) is 8.58. The lowest BCUT2D eigenvalue weighted by Crippen LogP contribution is -2.25. The Kier molecular flexibility index (Phi) is 7.23. The number of nitrogens with zero attached hydrogens (tertiary/aromatic N) is 1. The van der Waals surface area contributed by atoms with Crippen molar-refractivity contribution in [2.24, 2.45) is 0 Å². The van der Waals surface area contributed by atoms with Gasteiger partial charge in [0.1, 0.15) is 17.1 Å². The van der Waals surface area contributed by atoms with Crippen LogP contribution in [0.3, 0.4) is 0 Å². The maximum Gasteiger partial charge on any atom is 0.200 e. The molecule has 0 saturated heterocycles. The highest BCUT2D eigenvalue weighted by molar-refractivity contribution is 5.86. The fourth-order valence-electron chi connectivity index (χ4n) is 4.02. The van der Waals surface area contributed by atoms with E-state index in [-0.39, 0.29) is 11.2 Å². The number of hydrogen-bond acceptors (Lipinski definition) is 6. The quantitative estimate of drug-likeness (QED) is 0.513. The molecule has 0 aliphatic carbocycles. The molecule has 6 nitrogen and oxygen atoms in total. The second kappa shape index (κ2) is 9.88. The van der Waals surface area contributed by atoms with Crippen LogP contribution in [0.15, 0.2) is 39.5 Å². The summed E-state index contributed by atoms with van der Waals surface area (Å²) in [5.74, 6) is 1.77. The number of phenols is 1. The summed E-state index contributed by atoms with van der Waals surface area (Å²) < 4.78 is 16.9. The van der Waals surface area contributed by atoms with Crippen molar-refractivity contribution in [1.29, 1.82) is 0 Å². The van der Waals surface area contributed by atoms with E-state index in [0.29, 0.717) is 51.5 Å². The van der Waals surface area contributed by atoms with Crippen LogP contribution in [0.2, 0.25) is 0 Å². The molecule has 0 bridgehead atoms. The molecule has 6 heteroatoms. The Hall–Kier alpha value is -2.99. The average Bonchev–Trinajstić information content (AvgIpc) is 2.76. The molecule has 1 N–H and O–H groups in total. The van der Waals surface area contributed by atoms with E-state index in [1.807, 2.05) is 6.07 Å². The second-order valence-corrected chi connectivity index (χ2v) is 7.65. The largest absolute Gasteiger partial charge is 0.507 e. The van der Waals surface area contributed by atoms with E-state index in [9.17, 15) is 9.90 Å². The van der Waals surface area contributed by atoms with Gasteiger partial charge < -0.3 is 19.0 Å². The highest BCUT2D eigenvalue weighted by Crippen LogP contribution is 2.35. The topological polar surface area (TPSA) is 72.1 Å². The highest BCUT2D eigenvalue weighted by Gasteiger charge is 2.20. The molecule has 31 heavy (non-hydrogen) atoms. The van der Waals surface area contributed by atoms with Gasteiger partial charge in [-0.1, -0.05) is 19.9 Å². The molecule has 0 amide bonds. The molecule has 0 fully saturated rings. The summed E-state index contributed by atoms with van der Waals surface area (Å²) in [5.41, 5.74) is 2.13. The number of phenolic OH excluding ortho intramolecular Hbond substituents is 1. The third kappa shape index (κ3) is 4.54. The molecule has 1 heterocycles. The first kappa shape index (κ1) is 22.7. The molecule has 3 rings (SSSR count). The first-order valence-electron chi connectivity index (χ1n) is 10.7. The van der Waals surface area contributed by atoms with Gasteiger partial charge in [-0.3, -0.25) is 9.69 Å². The summed E-state index contributed by atoms with van der Waals surface area (Å²) >= 11 is 0. The standard InChI is InChI=1S/C25H31NO5/c1-6-12-26(13-7-2)15-19-20(27)10-9-18-24(28)23(16(3)31-25(18)19)17-8-11-21(29-4)22(14-17)30-5/h8-11,14,27H,6-7,12-13,15H2,1-5H3. The predicted molar refractivity (Wildman–Crippen MR) is 123 cm³/mol. The SMILES string of the molecule is CCCN(CCC)Cc1c(O)ccc2c(=O)c(-c3ccc(OC)c(OC)c3)c(C)oc12. The fourth-order valence-corrected chi connectivity index (χ4v) is 4.02. The van der Waals surface area contributed by atoms with Crippen molar-refractivity contribution in [3.8, 4) is 28.4 Å². The molecule has 0 saturated carbocycles. The van der Waals surface area contributed by atoms with Gasteiger partial charge in [0, 0.05) is 6.54 Å². The number of benzene rings is 2. The zero-order chi connectivity index (χ0) is 22.5. The van der Waals surface area contributed by atoms with Crippen molar-refractivity contribution in [3.05, 3.63) is 51.9 Å². The van der Waals surface area contributed by atoms with Gasteiger partial charge in [0.15, 0.2) is 11.5 Å². The zero-order valence-corrected chi connectivity index (χ0v) is 18.9. The van der Waals surface area contributed by atoms with Gasteiger partial charge in [-0.25, -0.2) is 0 Å². The Balaban J connectivity index is 2.17. The molecular weight excluding hydrogens is 394 g/mol. The highest BCUT2D eigenvalue weighted by atomic mass is 16.5. The van der Waals surface area contributed by atoms with Crippen LogP contribution in [-0.4, -0.2) is 37.3 Å². The molecule has 0 spiro atoms. The smallest absolute Gasteiger partial charge is 0.200 e. The molecule has 1 aromatic heterocycles. The number of ether oxygens (including phenoxy) is 2. The first-order chi connectivity index (χ1) is 14.9. The molecular formula is C25H31NO5. The normalized spacial score (nSPS) is 11.3. The van der Waals surface area contributed by atoms with E-state index in [1.165, 1.54) is 0 Å². The van der Waals surface area contributed by atoms with E-state index in [2.05, 4.69) is 18.7 Å². The van der Waals surface area contributed by atoms with Gasteiger partial charge in [-0.2, -0.15) is 0 Å². The Bertz CT molecular complexity index is 1110. The maximum atomic E-state index is 13.5. The molecule has 3 aromatic rings. The van der Waals surface area contributed by atoms with E-state index in [1.54, 1.807) is 45.4 Å². The van der Waals surface area contributed by atoms with Gasteiger partial charge in [-0.05, 0) is 62.7 Å². The second-order valence-electron chi connectivity index (χ2n) is 7.65. The minimum atomic E-state index is -0.134. The van der Waals surface area contributed by atoms with Crippen LogP contribution in [0.1, 0.15) is 38.0 Å².